The summed E-state index contributed by atoms with van der Waals surface area (Å²) in [5.41, 5.74) is 12.5. The summed E-state index contributed by atoms with van der Waals surface area (Å²) in [4.78, 5) is 17.8. The maximum absolute atomic E-state index is 10.6. The molecule has 0 atom stereocenters. The highest BCUT2D eigenvalue weighted by Crippen LogP contribution is 2.36. The van der Waals surface area contributed by atoms with Crippen molar-refractivity contribution in [3.63, 3.8) is 0 Å². The molecule has 2 fully saturated rings. The topological polar surface area (TPSA) is 136 Å². The number of alkyl halides is 6. The zero-order chi connectivity index (χ0) is 22.2. The van der Waals surface area contributed by atoms with E-state index in [0.29, 0.717) is 12.0 Å². The van der Waals surface area contributed by atoms with E-state index in [1.807, 2.05) is 0 Å². The summed E-state index contributed by atoms with van der Waals surface area (Å²) in [6, 6.07) is 0.395. The number of carboxylic acid groups (broad SMARTS) is 2. The van der Waals surface area contributed by atoms with Crippen LogP contribution in [0.5, 0.6) is 0 Å². The number of nitrogens with two attached hydrogens (primary N) is 2. The Bertz CT molecular complexity index is 474. The maximum atomic E-state index is 10.6. The molecule has 1 heterocycles. The Morgan fingerprint density at radius 2 is 1.18 bits per heavy atom. The number of hydrogen-bond acceptors (Lipinski definition) is 5. The molecule has 0 radical (unpaired) electrons. The Morgan fingerprint density at radius 3 is 1.46 bits per heavy atom. The van der Waals surface area contributed by atoms with Gasteiger partial charge in [0.1, 0.15) is 0 Å². The van der Waals surface area contributed by atoms with Gasteiger partial charge in [-0.15, -0.1) is 0 Å². The third kappa shape index (κ3) is 10.1. The highest BCUT2D eigenvalue weighted by atomic mass is 19.4. The fourth-order valence-electron chi connectivity index (χ4n) is 2.86. The van der Waals surface area contributed by atoms with Crippen molar-refractivity contribution in [3.05, 3.63) is 0 Å². The second-order valence-electron chi connectivity index (χ2n) is 6.56. The normalized spacial score (nSPS) is 26.2. The lowest BCUT2D eigenvalue weighted by Gasteiger charge is -2.43. The Morgan fingerprint density at radius 1 is 0.857 bits per heavy atom. The molecule has 1 aliphatic heterocycles. The van der Waals surface area contributed by atoms with Gasteiger partial charge in [0, 0.05) is 24.8 Å². The van der Waals surface area contributed by atoms with Crippen LogP contribution in [-0.2, 0) is 14.3 Å². The first-order valence-corrected chi connectivity index (χ1v) is 8.32. The zero-order valence-electron chi connectivity index (χ0n) is 14.9. The Hall–Kier alpha value is -1.60. The van der Waals surface area contributed by atoms with Crippen molar-refractivity contribution >= 4 is 11.9 Å². The van der Waals surface area contributed by atoms with Crippen molar-refractivity contribution in [1.29, 1.82) is 0 Å². The number of hydrogen-bond donors (Lipinski definition) is 4. The van der Waals surface area contributed by atoms with Gasteiger partial charge in [-0.05, 0) is 44.4 Å². The van der Waals surface area contributed by atoms with Crippen LogP contribution in [0.3, 0.4) is 0 Å². The lowest BCUT2D eigenvalue weighted by Crippen LogP contribution is -2.53. The summed E-state index contributed by atoms with van der Waals surface area (Å²) >= 11 is 0. The molecule has 0 bridgehead atoms. The van der Waals surface area contributed by atoms with E-state index in [0.717, 1.165) is 51.7 Å². The molecule has 0 aromatic heterocycles. The monoisotopic (exact) mass is 426 g/mol. The van der Waals surface area contributed by atoms with Gasteiger partial charge in [-0.1, -0.05) is 0 Å². The minimum atomic E-state index is -5.08. The third-order valence-electron chi connectivity index (χ3n) is 4.48. The second kappa shape index (κ2) is 10.8. The third-order valence-corrected chi connectivity index (χ3v) is 4.48. The molecule has 7 nitrogen and oxygen atoms in total. The first-order chi connectivity index (χ1) is 12.6. The summed E-state index contributed by atoms with van der Waals surface area (Å²) in [7, 11) is 0. The molecular weight excluding hydrogens is 402 g/mol. The molecule has 1 saturated carbocycles. The summed E-state index contributed by atoms with van der Waals surface area (Å²) in [5, 5.41) is 14.2. The Balaban J connectivity index is 0.000000444. The van der Waals surface area contributed by atoms with Gasteiger partial charge in [0.05, 0.1) is 0 Å². The van der Waals surface area contributed by atoms with Crippen molar-refractivity contribution in [2.45, 2.75) is 62.5 Å². The second-order valence-corrected chi connectivity index (χ2v) is 6.56. The van der Waals surface area contributed by atoms with Crippen LogP contribution in [0.2, 0.25) is 0 Å². The molecule has 0 aromatic carbocycles. The zero-order valence-corrected chi connectivity index (χ0v) is 14.9. The minimum absolute atomic E-state index is 0.0691. The van der Waals surface area contributed by atoms with Crippen LogP contribution in [0.25, 0.3) is 0 Å². The Kier molecular flexibility index (Phi) is 10.2. The van der Waals surface area contributed by atoms with Gasteiger partial charge < -0.3 is 26.4 Å². The molecule has 28 heavy (non-hydrogen) atoms. The van der Waals surface area contributed by atoms with Gasteiger partial charge in [-0.25, -0.2) is 9.59 Å². The molecule has 2 aliphatic rings. The quantitative estimate of drug-likeness (QED) is 0.472. The van der Waals surface area contributed by atoms with E-state index < -0.39 is 24.3 Å². The molecule has 0 amide bonds. The van der Waals surface area contributed by atoms with E-state index in [1.165, 1.54) is 0 Å². The van der Waals surface area contributed by atoms with Crippen molar-refractivity contribution in [2.24, 2.45) is 17.4 Å². The fourth-order valence-corrected chi connectivity index (χ4v) is 2.86. The van der Waals surface area contributed by atoms with E-state index in [9.17, 15) is 26.3 Å². The van der Waals surface area contributed by atoms with E-state index in [2.05, 4.69) is 0 Å². The molecule has 1 saturated heterocycles. The highest BCUT2D eigenvalue weighted by Gasteiger charge is 2.39. The van der Waals surface area contributed by atoms with Crippen molar-refractivity contribution < 1.29 is 50.9 Å². The highest BCUT2D eigenvalue weighted by molar-refractivity contribution is 5.73. The number of aliphatic carboxylic acids is 2. The average molecular weight is 426 g/mol. The van der Waals surface area contributed by atoms with Crippen LogP contribution in [-0.4, -0.2) is 59.3 Å². The summed E-state index contributed by atoms with van der Waals surface area (Å²) < 4.78 is 68.8. The largest absolute Gasteiger partial charge is 0.490 e. The SMILES string of the molecule is NC1CCC(N)(C2CCOCC2)CC1.O=C(O)C(F)(F)F.O=C(O)C(F)(F)F. The maximum Gasteiger partial charge on any atom is 0.490 e. The lowest BCUT2D eigenvalue weighted by atomic mass is 9.69. The summed E-state index contributed by atoms with van der Waals surface area (Å²) in [6.45, 7) is 1.80. The first-order valence-electron chi connectivity index (χ1n) is 8.32. The molecule has 1 aliphatic carbocycles. The molecule has 0 unspecified atom stereocenters. The van der Waals surface area contributed by atoms with Gasteiger partial charge in [0.15, 0.2) is 0 Å². The standard InChI is InChI=1S/C11H22N2O.2C2HF3O2/c12-10-1-5-11(13,6-2-10)9-3-7-14-8-4-9;2*3-2(4,5)1(6)7/h9-10H,1-8,12-13H2;2*(H,6,7). The van der Waals surface area contributed by atoms with Gasteiger partial charge >= 0.3 is 24.3 Å². The molecule has 0 aromatic rings. The number of halogens is 6. The number of carboxylic acids is 2. The summed E-state index contributed by atoms with van der Waals surface area (Å²) in [5.74, 6) is -4.84. The predicted molar refractivity (Wildman–Crippen MR) is 84.3 cm³/mol. The van der Waals surface area contributed by atoms with Crippen LogP contribution in [0.15, 0.2) is 0 Å². The fraction of sp³-hybridized carbons (Fsp3) is 0.867. The van der Waals surface area contributed by atoms with Crippen LogP contribution < -0.4 is 11.5 Å². The minimum Gasteiger partial charge on any atom is -0.475 e. The van der Waals surface area contributed by atoms with E-state index >= 15 is 0 Å². The van der Waals surface area contributed by atoms with Gasteiger partial charge in [0.25, 0.3) is 0 Å². The summed E-state index contributed by atoms with van der Waals surface area (Å²) in [6.07, 6.45) is -3.45. The first kappa shape index (κ1) is 26.4. The van der Waals surface area contributed by atoms with Crippen LogP contribution in [0.4, 0.5) is 26.3 Å². The van der Waals surface area contributed by atoms with Crippen LogP contribution >= 0.6 is 0 Å². The number of ether oxygens (including phenoxy) is 1. The predicted octanol–water partition coefficient (Wildman–Crippen LogP) is 2.28. The van der Waals surface area contributed by atoms with E-state index in [4.69, 9.17) is 36.0 Å². The van der Waals surface area contributed by atoms with Crippen molar-refractivity contribution in [3.8, 4) is 0 Å². The number of carbonyl (C=O) groups is 2. The van der Waals surface area contributed by atoms with Crippen LogP contribution in [0, 0.1) is 5.92 Å². The lowest BCUT2D eigenvalue weighted by molar-refractivity contribution is -0.193. The number of rotatable bonds is 1. The molecule has 0 spiro atoms. The van der Waals surface area contributed by atoms with Crippen molar-refractivity contribution in [1.82, 2.24) is 0 Å². The van der Waals surface area contributed by atoms with Crippen LogP contribution in [0.1, 0.15) is 38.5 Å². The molecule has 13 heteroatoms. The van der Waals surface area contributed by atoms with Gasteiger partial charge in [-0.2, -0.15) is 26.3 Å². The van der Waals surface area contributed by atoms with Gasteiger partial charge in [0.2, 0.25) is 0 Å². The smallest absolute Gasteiger partial charge is 0.475 e. The Labute approximate surface area is 157 Å². The van der Waals surface area contributed by atoms with E-state index in [-0.39, 0.29) is 5.54 Å². The molecule has 2 rings (SSSR count). The molecule has 166 valence electrons. The molecule has 6 N–H and O–H groups in total. The molecular formula is C15H24F6N2O5. The van der Waals surface area contributed by atoms with E-state index in [1.54, 1.807) is 0 Å². The van der Waals surface area contributed by atoms with Gasteiger partial charge in [-0.3, -0.25) is 0 Å². The average Bonchev–Trinajstić information content (AvgIpc) is 2.58. The van der Waals surface area contributed by atoms with Crippen molar-refractivity contribution in [2.75, 3.05) is 13.2 Å².